The largest absolute Gasteiger partial charge is 0.307 e. The van der Waals surface area contributed by atoms with E-state index in [1.807, 2.05) is 0 Å². The van der Waals surface area contributed by atoms with Crippen molar-refractivity contribution in [2.45, 2.75) is 38.8 Å². The zero-order chi connectivity index (χ0) is 13.4. The van der Waals surface area contributed by atoms with E-state index in [4.69, 9.17) is 0 Å². The Balaban J connectivity index is 1.61. The summed E-state index contributed by atoms with van der Waals surface area (Å²) in [4.78, 5) is 0. The summed E-state index contributed by atoms with van der Waals surface area (Å²) in [5, 5.41) is 3.79. The van der Waals surface area contributed by atoms with Crippen LogP contribution in [0.15, 0.2) is 40.9 Å². The summed E-state index contributed by atoms with van der Waals surface area (Å²) in [5.74, 6) is 2.51. The van der Waals surface area contributed by atoms with E-state index in [1.165, 1.54) is 18.4 Å². The van der Waals surface area contributed by atoms with E-state index in [1.54, 1.807) is 0 Å². The monoisotopic (exact) mass is 319 g/mol. The molecule has 5 atom stereocenters. The Labute approximate surface area is 124 Å². The highest BCUT2D eigenvalue weighted by molar-refractivity contribution is 9.10. The van der Waals surface area contributed by atoms with Crippen molar-refractivity contribution in [3.05, 3.63) is 46.5 Å². The molecular weight excluding hydrogens is 298 g/mol. The van der Waals surface area contributed by atoms with Crippen molar-refractivity contribution >= 4 is 15.9 Å². The summed E-state index contributed by atoms with van der Waals surface area (Å²) in [7, 11) is 0. The predicted molar refractivity (Wildman–Crippen MR) is 84.0 cm³/mol. The first-order valence-corrected chi connectivity index (χ1v) is 8.12. The number of allylic oxidation sites excluding steroid dienone is 2. The Bertz CT molecular complexity index is 465. The van der Waals surface area contributed by atoms with E-state index >= 15 is 0 Å². The Hall–Kier alpha value is -0.600. The van der Waals surface area contributed by atoms with Gasteiger partial charge in [-0.15, -0.1) is 0 Å². The van der Waals surface area contributed by atoms with Gasteiger partial charge in [0.1, 0.15) is 0 Å². The zero-order valence-electron chi connectivity index (χ0n) is 11.6. The fourth-order valence-electron chi connectivity index (χ4n) is 3.76. The van der Waals surface area contributed by atoms with E-state index in [0.29, 0.717) is 12.1 Å². The molecule has 1 saturated carbocycles. The molecule has 2 aliphatic carbocycles. The third-order valence-electron chi connectivity index (χ3n) is 4.86. The van der Waals surface area contributed by atoms with Crippen molar-refractivity contribution in [3.8, 4) is 0 Å². The minimum atomic E-state index is 0.422. The number of hydrogen-bond acceptors (Lipinski definition) is 1. The Morgan fingerprint density at radius 2 is 1.84 bits per heavy atom. The lowest BCUT2D eigenvalue weighted by Crippen LogP contribution is -2.37. The van der Waals surface area contributed by atoms with Gasteiger partial charge < -0.3 is 5.32 Å². The molecule has 2 bridgehead atoms. The molecule has 0 saturated heterocycles. The highest BCUT2D eigenvalue weighted by Gasteiger charge is 2.38. The standard InChI is InChI=1S/C17H22BrN/c1-11(14-5-7-16(18)8-6-14)19-12(2)17-10-13-3-4-15(17)9-13/h3-8,11-13,15,17,19H,9-10H2,1-2H3/t11-,12?,13?,15?,17?/m1/s1. The number of hydrogen-bond donors (Lipinski definition) is 1. The van der Waals surface area contributed by atoms with E-state index in [0.717, 1.165) is 22.2 Å². The second-order valence-electron chi connectivity index (χ2n) is 6.17. The van der Waals surface area contributed by atoms with Crippen molar-refractivity contribution in [2.24, 2.45) is 17.8 Å². The molecule has 4 unspecified atom stereocenters. The summed E-state index contributed by atoms with van der Waals surface area (Å²) in [6.07, 6.45) is 7.64. The van der Waals surface area contributed by atoms with Crippen molar-refractivity contribution in [1.82, 2.24) is 5.32 Å². The molecule has 3 rings (SSSR count). The second kappa shape index (κ2) is 5.41. The van der Waals surface area contributed by atoms with Gasteiger partial charge in [-0.2, -0.15) is 0 Å². The Morgan fingerprint density at radius 1 is 1.11 bits per heavy atom. The summed E-state index contributed by atoms with van der Waals surface area (Å²) in [6, 6.07) is 9.67. The quantitative estimate of drug-likeness (QED) is 0.793. The van der Waals surface area contributed by atoms with Crippen LogP contribution in [-0.2, 0) is 0 Å². The zero-order valence-corrected chi connectivity index (χ0v) is 13.2. The fourth-order valence-corrected chi connectivity index (χ4v) is 4.03. The Kier molecular flexibility index (Phi) is 3.81. The molecule has 19 heavy (non-hydrogen) atoms. The van der Waals surface area contributed by atoms with Gasteiger partial charge in [-0.1, -0.05) is 40.2 Å². The van der Waals surface area contributed by atoms with Crippen molar-refractivity contribution < 1.29 is 0 Å². The van der Waals surface area contributed by atoms with E-state index < -0.39 is 0 Å². The number of benzene rings is 1. The average Bonchev–Trinajstić information content (AvgIpc) is 3.01. The first-order chi connectivity index (χ1) is 9.13. The molecule has 2 aliphatic rings. The molecule has 0 radical (unpaired) electrons. The molecule has 1 fully saturated rings. The fraction of sp³-hybridized carbons (Fsp3) is 0.529. The average molecular weight is 320 g/mol. The van der Waals surface area contributed by atoms with Crippen LogP contribution in [0.1, 0.15) is 38.3 Å². The number of halogens is 1. The molecular formula is C17H22BrN. The summed E-state index contributed by atoms with van der Waals surface area (Å²) >= 11 is 3.49. The van der Waals surface area contributed by atoms with Crippen LogP contribution in [0.3, 0.4) is 0 Å². The predicted octanol–water partition coefficient (Wildman–Crippen LogP) is 4.70. The second-order valence-corrected chi connectivity index (χ2v) is 7.09. The molecule has 1 nitrogen and oxygen atoms in total. The highest BCUT2D eigenvalue weighted by Crippen LogP contribution is 2.45. The van der Waals surface area contributed by atoms with Gasteiger partial charge >= 0.3 is 0 Å². The molecule has 1 N–H and O–H groups in total. The summed E-state index contributed by atoms with van der Waals surface area (Å²) < 4.78 is 1.15. The lowest BCUT2D eigenvalue weighted by molar-refractivity contribution is 0.307. The van der Waals surface area contributed by atoms with Gasteiger partial charge in [0.25, 0.3) is 0 Å². The van der Waals surface area contributed by atoms with Crippen molar-refractivity contribution in [3.63, 3.8) is 0 Å². The summed E-state index contributed by atoms with van der Waals surface area (Å²) in [5.41, 5.74) is 1.37. The molecule has 0 aromatic heterocycles. The van der Waals surface area contributed by atoms with Crippen LogP contribution in [0.25, 0.3) is 0 Å². The summed E-state index contributed by atoms with van der Waals surface area (Å²) in [6.45, 7) is 4.62. The highest BCUT2D eigenvalue weighted by atomic mass is 79.9. The van der Waals surface area contributed by atoms with Crippen LogP contribution in [0.4, 0.5) is 0 Å². The maximum absolute atomic E-state index is 3.79. The number of rotatable bonds is 4. The van der Waals surface area contributed by atoms with Crippen LogP contribution in [-0.4, -0.2) is 6.04 Å². The van der Waals surface area contributed by atoms with Gasteiger partial charge in [0.05, 0.1) is 0 Å². The van der Waals surface area contributed by atoms with Crippen molar-refractivity contribution in [1.29, 1.82) is 0 Å². The third kappa shape index (κ3) is 2.80. The Morgan fingerprint density at radius 3 is 2.42 bits per heavy atom. The van der Waals surface area contributed by atoms with Gasteiger partial charge in [-0.3, -0.25) is 0 Å². The van der Waals surface area contributed by atoms with Crippen LogP contribution >= 0.6 is 15.9 Å². The molecule has 102 valence electrons. The minimum absolute atomic E-state index is 0.422. The van der Waals surface area contributed by atoms with E-state index in [9.17, 15) is 0 Å². The van der Waals surface area contributed by atoms with Gasteiger partial charge in [-0.25, -0.2) is 0 Å². The van der Waals surface area contributed by atoms with Crippen molar-refractivity contribution in [2.75, 3.05) is 0 Å². The van der Waals surface area contributed by atoms with Crippen LogP contribution in [0, 0.1) is 17.8 Å². The van der Waals surface area contributed by atoms with Crippen LogP contribution < -0.4 is 5.32 Å². The van der Waals surface area contributed by atoms with Crippen LogP contribution in [0.2, 0.25) is 0 Å². The molecule has 1 aromatic carbocycles. The van der Waals surface area contributed by atoms with Gasteiger partial charge in [-0.05, 0) is 62.1 Å². The maximum Gasteiger partial charge on any atom is 0.0294 e. The van der Waals surface area contributed by atoms with E-state index in [2.05, 4.69) is 71.5 Å². The lowest BCUT2D eigenvalue weighted by Gasteiger charge is -2.29. The van der Waals surface area contributed by atoms with Gasteiger partial charge in [0.15, 0.2) is 0 Å². The molecule has 1 aromatic rings. The molecule has 0 amide bonds. The number of nitrogens with one attached hydrogen (secondary N) is 1. The van der Waals surface area contributed by atoms with Gasteiger partial charge in [0.2, 0.25) is 0 Å². The van der Waals surface area contributed by atoms with Crippen LogP contribution in [0.5, 0.6) is 0 Å². The SMILES string of the molecule is CC(N[C@H](C)c1ccc(Br)cc1)C1CC2C=CC1C2. The third-order valence-corrected chi connectivity index (χ3v) is 5.38. The molecule has 0 heterocycles. The van der Waals surface area contributed by atoms with Gasteiger partial charge in [0, 0.05) is 16.6 Å². The lowest BCUT2D eigenvalue weighted by atomic mass is 9.87. The topological polar surface area (TPSA) is 12.0 Å². The maximum atomic E-state index is 3.79. The molecule has 2 heteroatoms. The minimum Gasteiger partial charge on any atom is -0.307 e. The normalized spacial score (nSPS) is 31.6. The molecule has 0 aliphatic heterocycles. The first-order valence-electron chi connectivity index (χ1n) is 7.33. The van der Waals surface area contributed by atoms with E-state index in [-0.39, 0.29) is 0 Å². The molecule has 0 spiro atoms. The number of fused-ring (bicyclic) bond motifs is 2. The smallest absolute Gasteiger partial charge is 0.0294 e. The first kappa shape index (κ1) is 13.4.